The second kappa shape index (κ2) is 8.45. The molecule has 0 aromatic carbocycles. The van der Waals surface area contributed by atoms with E-state index in [1.54, 1.807) is 0 Å². The van der Waals surface area contributed by atoms with E-state index in [1.165, 1.54) is 6.42 Å². The van der Waals surface area contributed by atoms with E-state index in [9.17, 15) is 8.42 Å². The largest absolute Gasteiger partial charge is 0.379 e. The first-order valence-corrected chi connectivity index (χ1v) is 9.53. The van der Waals surface area contributed by atoms with Crippen molar-refractivity contribution in [2.45, 2.75) is 45.4 Å². The van der Waals surface area contributed by atoms with Gasteiger partial charge in [-0.15, -0.1) is 0 Å². The molecule has 1 saturated carbocycles. The second-order valence-corrected chi connectivity index (χ2v) is 8.19. The van der Waals surface area contributed by atoms with Crippen molar-refractivity contribution >= 4 is 19.7 Å². The highest BCUT2D eigenvalue weighted by atomic mass is 35.7. The van der Waals surface area contributed by atoms with Crippen LogP contribution in [0.1, 0.15) is 45.4 Å². The standard InChI is InChI=1S/C13H25ClO4S/c1-2-8-17-9-10-18-11-13(12-19(14,15)16)6-4-3-5-7-13/h2-12H2,1H3. The molecule has 1 rings (SSSR count). The Labute approximate surface area is 121 Å². The van der Waals surface area contributed by atoms with E-state index in [2.05, 4.69) is 6.92 Å². The van der Waals surface area contributed by atoms with E-state index < -0.39 is 9.05 Å². The third-order valence-corrected chi connectivity index (χ3v) is 4.81. The van der Waals surface area contributed by atoms with E-state index in [0.29, 0.717) is 19.8 Å². The minimum absolute atomic E-state index is 0.0252. The Kier molecular flexibility index (Phi) is 7.65. The summed E-state index contributed by atoms with van der Waals surface area (Å²) < 4.78 is 33.7. The number of hydrogen-bond donors (Lipinski definition) is 0. The van der Waals surface area contributed by atoms with Gasteiger partial charge in [0.15, 0.2) is 0 Å². The molecule has 0 radical (unpaired) electrons. The summed E-state index contributed by atoms with van der Waals surface area (Å²) in [5.74, 6) is 0.0252. The average Bonchev–Trinajstić information content (AvgIpc) is 2.32. The smallest absolute Gasteiger partial charge is 0.233 e. The van der Waals surface area contributed by atoms with E-state index in [4.69, 9.17) is 20.2 Å². The van der Waals surface area contributed by atoms with E-state index in [-0.39, 0.29) is 11.2 Å². The molecule has 1 fully saturated rings. The lowest BCUT2D eigenvalue weighted by molar-refractivity contribution is -0.000715. The highest BCUT2D eigenvalue weighted by molar-refractivity contribution is 8.13. The third kappa shape index (κ3) is 7.49. The van der Waals surface area contributed by atoms with Crippen LogP contribution < -0.4 is 0 Å². The molecule has 0 N–H and O–H groups in total. The van der Waals surface area contributed by atoms with Crippen LogP contribution in [0.2, 0.25) is 0 Å². The Morgan fingerprint density at radius 3 is 2.26 bits per heavy atom. The molecule has 1 aliphatic carbocycles. The molecule has 6 heteroatoms. The first-order valence-electron chi connectivity index (χ1n) is 7.05. The van der Waals surface area contributed by atoms with E-state index in [0.717, 1.165) is 38.7 Å². The number of hydrogen-bond acceptors (Lipinski definition) is 4. The van der Waals surface area contributed by atoms with Crippen LogP contribution >= 0.6 is 10.7 Å². The molecule has 0 bridgehead atoms. The van der Waals surface area contributed by atoms with Crippen molar-refractivity contribution in [2.75, 3.05) is 32.2 Å². The lowest BCUT2D eigenvalue weighted by Crippen LogP contribution is -2.36. The molecule has 0 amide bonds. The van der Waals surface area contributed by atoms with Gasteiger partial charge in [-0.05, 0) is 19.3 Å². The quantitative estimate of drug-likeness (QED) is 0.485. The van der Waals surface area contributed by atoms with Crippen LogP contribution in [0.5, 0.6) is 0 Å². The maximum atomic E-state index is 11.4. The number of ether oxygens (including phenoxy) is 2. The zero-order chi connectivity index (χ0) is 14.2. The Balaban J connectivity index is 2.37. The SMILES string of the molecule is CCCOCCOCC1(CS(=O)(=O)Cl)CCCCC1. The molecule has 0 spiro atoms. The van der Waals surface area contributed by atoms with Crippen LogP contribution in [0.15, 0.2) is 0 Å². The van der Waals surface area contributed by atoms with Gasteiger partial charge in [0.25, 0.3) is 0 Å². The molecule has 4 nitrogen and oxygen atoms in total. The summed E-state index contributed by atoms with van der Waals surface area (Å²) in [7, 11) is 1.96. The minimum atomic E-state index is -3.47. The van der Waals surface area contributed by atoms with Crippen LogP contribution in [-0.2, 0) is 18.5 Å². The van der Waals surface area contributed by atoms with E-state index >= 15 is 0 Å². The Bertz CT molecular complexity index is 337. The van der Waals surface area contributed by atoms with Crippen LogP contribution in [0.4, 0.5) is 0 Å². The van der Waals surface area contributed by atoms with Crippen LogP contribution in [0.25, 0.3) is 0 Å². The molecule has 114 valence electrons. The fraction of sp³-hybridized carbons (Fsp3) is 1.00. The molecule has 0 atom stereocenters. The van der Waals surface area contributed by atoms with Crippen molar-refractivity contribution in [2.24, 2.45) is 5.41 Å². The molecular weight excluding hydrogens is 288 g/mol. The van der Waals surface area contributed by atoms with Crippen molar-refractivity contribution in [3.63, 3.8) is 0 Å². The number of halogens is 1. The van der Waals surface area contributed by atoms with Crippen molar-refractivity contribution in [1.29, 1.82) is 0 Å². The van der Waals surface area contributed by atoms with Crippen LogP contribution in [-0.4, -0.2) is 40.6 Å². The molecule has 0 aromatic heterocycles. The molecule has 19 heavy (non-hydrogen) atoms. The summed E-state index contributed by atoms with van der Waals surface area (Å²) in [6.45, 7) is 4.35. The van der Waals surface area contributed by atoms with Gasteiger partial charge in [0, 0.05) is 22.7 Å². The van der Waals surface area contributed by atoms with Gasteiger partial charge in [-0.1, -0.05) is 26.2 Å². The Hall–Kier alpha value is 0.160. The topological polar surface area (TPSA) is 52.6 Å². The number of rotatable bonds is 9. The maximum Gasteiger partial charge on any atom is 0.233 e. The van der Waals surface area contributed by atoms with Gasteiger partial charge >= 0.3 is 0 Å². The first kappa shape index (κ1) is 17.2. The summed E-state index contributed by atoms with van der Waals surface area (Å²) >= 11 is 0. The second-order valence-electron chi connectivity index (χ2n) is 5.41. The molecule has 0 unspecified atom stereocenters. The lowest BCUT2D eigenvalue weighted by atomic mass is 9.76. The Morgan fingerprint density at radius 1 is 1.05 bits per heavy atom. The first-order chi connectivity index (χ1) is 8.97. The van der Waals surface area contributed by atoms with Gasteiger partial charge in [-0.25, -0.2) is 8.42 Å². The van der Waals surface area contributed by atoms with Gasteiger partial charge < -0.3 is 9.47 Å². The Morgan fingerprint density at radius 2 is 1.68 bits per heavy atom. The predicted molar refractivity (Wildman–Crippen MR) is 77.1 cm³/mol. The fourth-order valence-electron chi connectivity index (χ4n) is 2.65. The fourth-order valence-corrected chi connectivity index (χ4v) is 4.45. The van der Waals surface area contributed by atoms with Crippen molar-refractivity contribution in [3.05, 3.63) is 0 Å². The van der Waals surface area contributed by atoms with Gasteiger partial charge in [0.05, 0.1) is 25.6 Å². The van der Waals surface area contributed by atoms with Gasteiger partial charge in [-0.3, -0.25) is 0 Å². The summed E-state index contributed by atoms with van der Waals surface area (Å²) in [5, 5.41) is 0. The van der Waals surface area contributed by atoms with Crippen LogP contribution in [0, 0.1) is 5.41 Å². The zero-order valence-corrected chi connectivity index (χ0v) is 13.3. The predicted octanol–water partition coefficient (Wildman–Crippen LogP) is 2.95. The average molecular weight is 313 g/mol. The lowest BCUT2D eigenvalue weighted by Gasteiger charge is -2.35. The monoisotopic (exact) mass is 312 g/mol. The molecular formula is C13H25ClO4S. The molecule has 0 saturated heterocycles. The van der Waals surface area contributed by atoms with Gasteiger partial charge in [-0.2, -0.15) is 0 Å². The summed E-state index contributed by atoms with van der Waals surface area (Å²) in [5.41, 5.74) is -0.288. The normalized spacial score (nSPS) is 19.5. The molecule has 0 heterocycles. The zero-order valence-electron chi connectivity index (χ0n) is 11.7. The molecule has 0 aliphatic heterocycles. The third-order valence-electron chi connectivity index (χ3n) is 3.52. The summed E-state index contributed by atoms with van der Waals surface area (Å²) in [4.78, 5) is 0. The minimum Gasteiger partial charge on any atom is -0.379 e. The summed E-state index contributed by atoms with van der Waals surface area (Å²) in [6, 6.07) is 0. The highest BCUT2D eigenvalue weighted by Gasteiger charge is 2.36. The highest BCUT2D eigenvalue weighted by Crippen LogP contribution is 2.38. The molecule has 0 aromatic rings. The van der Waals surface area contributed by atoms with E-state index in [1.807, 2.05) is 0 Å². The maximum absolute atomic E-state index is 11.4. The van der Waals surface area contributed by atoms with Crippen molar-refractivity contribution in [1.82, 2.24) is 0 Å². The molecule has 1 aliphatic rings. The summed E-state index contributed by atoms with van der Waals surface area (Å²) in [6.07, 6.45) is 6.05. The van der Waals surface area contributed by atoms with Crippen molar-refractivity contribution in [3.8, 4) is 0 Å². The van der Waals surface area contributed by atoms with Gasteiger partial charge in [0.1, 0.15) is 0 Å². The van der Waals surface area contributed by atoms with Gasteiger partial charge in [0.2, 0.25) is 9.05 Å². The van der Waals surface area contributed by atoms with Crippen LogP contribution in [0.3, 0.4) is 0 Å². The van der Waals surface area contributed by atoms with Crippen molar-refractivity contribution < 1.29 is 17.9 Å².